The molecule has 2 aromatic rings. The number of pyridine rings is 1. The molecule has 7 heteroatoms. The minimum Gasteiger partial charge on any atom is -0.469 e. The first-order valence-electron chi connectivity index (χ1n) is 7.64. The number of esters is 1. The van der Waals surface area contributed by atoms with E-state index in [9.17, 15) is 19.4 Å². The van der Waals surface area contributed by atoms with Gasteiger partial charge in [0.25, 0.3) is 0 Å². The Labute approximate surface area is 139 Å². The second kappa shape index (κ2) is 8.03. The van der Waals surface area contributed by atoms with Gasteiger partial charge in [-0.3, -0.25) is 9.78 Å². The Balaban J connectivity index is 2.73. The molecule has 1 aromatic heterocycles. The van der Waals surface area contributed by atoms with Gasteiger partial charge in [-0.1, -0.05) is 0 Å². The number of aryl methyl sites for hydroxylation is 1. The van der Waals surface area contributed by atoms with Crippen LogP contribution in [-0.4, -0.2) is 54.6 Å². The molecule has 130 valence electrons. The lowest BCUT2D eigenvalue weighted by Crippen LogP contribution is -2.31. The van der Waals surface area contributed by atoms with Crippen LogP contribution in [0.4, 0.5) is 10.1 Å². The first-order valence-corrected chi connectivity index (χ1v) is 7.64. The van der Waals surface area contributed by atoms with Gasteiger partial charge in [0.2, 0.25) is 0 Å². The summed E-state index contributed by atoms with van der Waals surface area (Å²) in [5, 5.41) is 19.2. The van der Waals surface area contributed by atoms with Gasteiger partial charge in [-0.15, -0.1) is 0 Å². The van der Waals surface area contributed by atoms with Gasteiger partial charge >= 0.3 is 5.97 Å². The van der Waals surface area contributed by atoms with Crippen molar-refractivity contribution in [2.45, 2.75) is 13.3 Å². The first-order chi connectivity index (χ1) is 11.5. The molecule has 1 aromatic carbocycles. The van der Waals surface area contributed by atoms with Crippen LogP contribution in [0.3, 0.4) is 0 Å². The van der Waals surface area contributed by atoms with Crippen LogP contribution in [0, 0.1) is 12.7 Å². The quantitative estimate of drug-likeness (QED) is 0.739. The van der Waals surface area contributed by atoms with E-state index in [1.807, 2.05) is 0 Å². The van der Waals surface area contributed by atoms with Crippen molar-refractivity contribution in [3.63, 3.8) is 0 Å². The van der Waals surface area contributed by atoms with Gasteiger partial charge in [0.15, 0.2) is 0 Å². The molecule has 0 unspecified atom stereocenters. The Hall–Kier alpha value is -2.25. The van der Waals surface area contributed by atoms with Crippen molar-refractivity contribution in [2.75, 3.05) is 38.3 Å². The number of rotatable bonds is 7. The fourth-order valence-corrected chi connectivity index (χ4v) is 2.74. The van der Waals surface area contributed by atoms with Crippen LogP contribution < -0.4 is 4.90 Å². The Morgan fingerprint density at radius 1 is 1.29 bits per heavy atom. The Kier molecular flexibility index (Phi) is 6.05. The lowest BCUT2D eigenvalue weighted by atomic mass is 10.0. The zero-order valence-electron chi connectivity index (χ0n) is 13.8. The minimum absolute atomic E-state index is 0.0233. The molecule has 0 bridgehead atoms. The van der Waals surface area contributed by atoms with E-state index in [1.54, 1.807) is 17.9 Å². The molecule has 0 radical (unpaired) electrons. The molecule has 0 saturated heterocycles. The molecule has 0 atom stereocenters. The van der Waals surface area contributed by atoms with Crippen molar-refractivity contribution in [3.8, 4) is 0 Å². The summed E-state index contributed by atoms with van der Waals surface area (Å²) in [6.07, 6.45) is -0.0233. The summed E-state index contributed by atoms with van der Waals surface area (Å²) in [6, 6.07) is 4.24. The molecular formula is C17H21FN2O4. The zero-order valence-corrected chi connectivity index (χ0v) is 13.8. The molecule has 0 aliphatic heterocycles. The summed E-state index contributed by atoms with van der Waals surface area (Å²) in [5.74, 6) is -0.865. The summed E-state index contributed by atoms with van der Waals surface area (Å²) in [7, 11) is 1.30. The number of aromatic nitrogens is 1. The van der Waals surface area contributed by atoms with Crippen molar-refractivity contribution >= 4 is 22.6 Å². The molecule has 1 heterocycles. The number of benzene rings is 1. The van der Waals surface area contributed by atoms with Gasteiger partial charge in [-0.05, 0) is 25.1 Å². The number of aliphatic hydroxyl groups is 2. The number of carbonyl (C=O) groups is 1. The summed E-state index contributed by atoms with van der Waals surface area (Å²) < 4.78 is 18.5. The number of halogens is 1. The highest BCUT2D eigenvalue weighted by atomic mass is 19.1. The number of carbonyl (C=O) groups excluding carboxylic acids is 1. The van der Waals surface area contributed by atoms with E-state index >= 15 is 0 Å². The van der Waals surface area contributed by atoms with Crippen LogP contribution in [0.1, 0.15) is 11.3 Å². The minimum atomic E-state index is -0.440. The topological polar surface area (TPSA) is 82.9 Å². The van der Waals surface area contributed by atoms with Crippen LogP contribution >= 0.6 is 0 Å². The van der Waals surface area contributed by atoms with Crippen LogP contribution in [0.15, 0.2) is 18.2 Å². The lowest BCUT2D eigenvalue weighted by Gasteiger charge is -2.28. The fourth-order valence-electron chi connectivity index (χ4n) is 2.74. The van der Waals surface area contributed by atoms with Gasteiger partial charge in [-0.25, -0.2) is 4.39 Å². The molecular weight excluding hydrogens is 315 g/mol. The molecule has 24 heavy (non-hydrogen) atoms. The summed E-state index contributed by atoms with van der Waals surface area (Å²) in [5.41, 5.74) is 2.39. The third kappa shape index (κ3) is 3.80. The summed E-state index contributed by atoms with van der Waals surface area (Å²) in [6.45, 7) is 1.96. The van der Waals surface area contributed by atoms with Gasteiger partial charge < -0.3 is 19.8 Å². The van der Waals surface area contributed by atoms with Gasteiger partial charge in [0, 0.05) is 29.7 Å². The maximum Gasteiger partial charge on any atom is 0.310 e. The highest BCUT2D eigenvalue weighted by Gasteiger charge is 2.21. The van der Waals surface area contributed by atoms with Crippen molar-refractivity contribution in [2.24, 2.45) is 0 Å². The van der Waals surface area contributed by atoms with Crippen molar-refractivity contribution in [1.82, 2.24) is 4.98 Å². The third-order valence-corrected chi connectivity index (χ3v) is 3.83. The van der Waals surface area contributed by atoms with E-state index in [1.165, 1.54) is 19.2 Å². The van der Waals surface area contributed by atoms with E-state index in [4.69, 9.17) is 4.74 Å². The van der Waals surface area contributed by atoms with Crippen LogP contribution in [0.2, 0.25) is 0 Å². The van der Waals surface area contributed by atoms with E-state index in [0.717, 1.165) is 0 Å². The maximum atomic E-state index is 13.8. The third-order valence-electron chi connectivity index (χ3n) is 3.83. The van der Waals surface area contributed by atoms with Gasteiger partial charge in [-0.2, -0.15) is 0 Å². The Morgan fingerprint density at radius 3 is 2.54 bits per heavy atom. The predicted molar refractivity (Wildman–Crippen MR) is 88.5 cm³/mol. The second-order valence-electron chi connectivity index (χ2n) is 5.37. The zero-order chi connectivity index (χ0) is 17.7. The number of hydrogen-bond donors (Lipinski definition) is 2. The Bertz CT molecular complexity index is 730. The number of anilines is 1. The summed E-state index contributed by atoms with van der Waals surface area (Å²) >= 11 is 0. The van der Waals surface area contributed by atoms with Crippen molar-refractivity contribution in [1.29, 1.82) is 0 Å². The van der Waals surface area contributed by atoms with Gasteiger partial charge in [0.1, 0.15) is 5.82 Å². The first kappa shape index (κ1) is 18.1. The molecule has 0 aliphatic rings. The highest BCUT2D eigenvalue weighted by Crippen LogP contribution is 2.33. The number of ether oxygens (including phenoxy) is 1. The SMILES string of the molecule is COC(=O)Cc1c(C)nc2ccc(F)cc2c1N(CCO)CCO. The maximum absolute atomic E-state index is 13.8. The average molecular weight is 336 g/mol. The van der Waals surface area contributed by atoms with Crippen molar-refractivity contribution < 1.29 is 24.1 Å². The van der Waals surface area contributed by atoms with Crippen LogP contribution in [-0.2, 0) is 16.0 Å². The standard InChI is InChI=1S/C17H21FN2O4/c1-11-13(10-16(23)24-2)17(20(5-7-21)6-8-22)14-9-12(18)3-4-15(14)19-11/h3-4,9,21-22H,5-8,10H2,1-2H3. The van der Waals surface area contributed by atoms with E-state index in [0.29, 0.717) is 27.8 Å². The van der Waals surface area contributed by atoms with E-state index in [2.05, 4.69) is 4.98 Å². The average Bonchev–Trinajstić information content (AvgIpc) is 2.56. The fraction of sp³-hybridized carbons (Fsp3) is 0.412. The van der Waals surface area contributed by atoms with E-state index in [-0.39, 0.29) is 32.7 Å². The molecule has 6 nitrogen and oxygen atoms in total. The van der Waals surface area contributed by atoms with Gasteiger partial charge in [0.05, 0.1) is 37.9 Å². The molecule has 2 N–H and O–H groups in total. The molecule has 0 fully saturated rings. The number of hydrogen-bond acceptors (Lipinski definition) is 6. The number of nitrogens with zero attached hydrogens (tertiary/aromatic N) is 2. The largest absolute Gasteiger partial charge is 0.469 e. The Morgan fingerprint density at radius 2 is 1.96 bits per heavy atom. The number of fused-ring (bicyclic) bond motifs is 1. The molecule has 0 amide bonds. The molecule has 0 spiro atoms. The number of aliphatic hydroxyl groups excluding tert-OH is 2. The molecule has 0 saturated carbocycles. The lowest BCUT2D eigenvalue weighted by molar-refractivity contribution is -0.139. The number of methoxy groups -OCH3 is 1. The molecule has 0 aliphatic carbocycles. The smallest absolute Gasteiger partial charge is 0.310 e. The van der Waals surface area contributed by atoms with Crippen LogP contribution in [0.5, 0.6) is 0 Å². The second-order valence-corrected chi connectivity index (χ2v) is 5.37. The normalized spacial score (nSPS) is 10.9. The van der Waals surface area contributed by atoms with E-state index < -0.39 is 11.8 Å². The monoisotopic (exact) mass is 336 g/mol. The highest BCUT2D eigenvalue weighted by molar-refractivity contribution is 5.95. The summed E-state index contributed by atoms with van der Waals surface area (Å²) in [4.78, 5) is 18.0. The predicted octanol–water partition coefficient (Wildman–Crippen LogP) is 1.19. The van der Waals surface area contributed by atoms with Crippen LogP contribution in [0.25, 0.3) is 10.9 Å². The molecule has 2 rings (SSSR count). The van der Waals surface area contributed by atoms with Crippen molar-refractivity contribution in [3.05, 3.63) is 35.3 Å².